The van der Waals surface area contributed by atoms with Crippen LogP contribution in [-0.4, -0.2) is 56.1 Å². The lowest BCUT2D eigenvalue weighted by molar-refractivity contribution is 0.102. The third-order valence-corrected chi connectivity index (χ3v) is 7.02. The summed E-state index contributed by atoms with van der Waals surface area (Å²) in [6, 6.07) is 10.8. The zero-order valence-corrected chi connectivity index (χ0v) is 22.1. The highest BCUT2D eigenvalue weighted by Gasteiger charge is 2.26. The molecule has 1 aromatic heterocycles. The highest BCUT2D eigenvalue weighted by molar-refractivity contribution is 7.89. The van der Waals surface area contributed by atoms with E-state index in [4.69, 9.17) is 13.9 Å². The van der Waals surface area contributed by atoms with E-state index in [1.54, 1.807) is 18.2 Å². The number of nitrogens with one attached hydrogen (secondary N) is 1. The minimum atomic E-state index is -3.70. The maximum Gasteiger partial charge on any atom is 0.322 e. The van der Waals surface area contributed by atoms with E-state index < -0.39 is 15.9 Å². The predicted molar refractivity (Wildman–Crippen MR) is 136 cm³/mol. The van der Waals surface area contributed by atoms with Crippen molar-refractivity contribution in [3.8, 4) is 23.0 Å². The third-order valence-electron chi connectivity index (χ3n) is 5.18. The molecule has 194 valence electrons. The molecule has 3 aromatic rings. The number of nitrogens with zero attached hydrogens (tertiary/aromatic N) is 3. The molecule has 36 heavy (non-hydrogen) atoms. The number of ether oxygens (including phenoxy) is 2. The van der Waals surface area contributed by atoms with Crippen LogP contribution in [0.3, 0.4) is 0 Å². The van der Waals surface area contributed by atoms with Gasteiger partial charge in [0, 0.05) is 18.7 Å². The number of carbonyl (C=O) groups excluding carboxylic acids is 1. The Kier molecular flexibility index (Phi) is 8.70. The Bertz CT molecular complexity index is 1250. The van der Waals surface area contributed by atoms with Crippen LogP contribution >= 0.6 is 0 Å². The van der Waals surface area contributed by atoms with Gasteiger partial charge in [0.15, 0.2) is 0 Å². The largest absolute Gasteiger partial charge is 0.496 e. The molecule has 0 aliphatic carbocycles. The third kappa shape index (κ3) is 6.21. The van der Waals surface area contributed by atoms with Gasteiger partial charge in [-0.15, -0.1) is 5.10 Å². The van der Waals surface area contributed by atoms with Crippen molar-refractivity contribution in [1.82, 2.24) is 14.5 Å². The van der Waals surface area contributed by atoms with Gasteiger partial charge in [0.1, 0.15) is 17.1 Å². The van der Waals surface area contributed by atoms with Crippen LogP contribution in [0.4, 0.5) is 6.01 Å². The molecule has 0 bridgehead atoms. The number of amides is 1. The van der Waals surface area contributed by atoms with E-state index in [1.807, 2.05) is 27.7 Å². The number of anilines is 1. The molecule has 0 aliphatic rings. The summed E-state index contributed by atoms with van der Waals surface area (Å²) in [6.07, 6.45) is 0. The number of carbonyl (C=O) groups is 1. The van der Waals surface area contributed by atoms with Gasteiger partial charge in [-0.3, -0.25) is 10.1 Å². The SMILES string of the molecule is COc1cccc(OC)c1-c1nnc(NC(=O)c2ccc(S(=O)(=O)N(CC(C)C)CC(C)C)cc2)o1. The van der Waals surface area contributed by atoms with Crippen LogP contribution in [0.2, 0.25) is 0 Å². The summed E-state index contributed by atoms with van der Waals surface area (Å²) in [5, 5.41) is 10.4. The topological polar surface area (TPSA) is 124 Å². The van der Waals surface area contributed by atoms with E-state index in [2.05, 4.69) is 15.5 Å². The molecular weight excluding hydrogens is 484 g/mol. The van der Waals surface area contributed by atoms with Crippen molar-refractivity contribution in [2.24, 2.45) is 11.8 Å². The molecule has 1 amide bonds. The lowest BCUT2D eigenvalue weighted by Crippen LogP contribution is -2.37. The Hall–Kier alpha value is -3.44. The fraction of sp³-hybridized carbons (Fsp3) is 0.400. The molecule has 0 aliphatic heterocycles. The molecule has 10 nitrogen and oxygen atoms in total. The van der Waals surface area contributed by atoms with Crippen LogP contribution in [0.1, 0.15) is 38.1 Å². The second-order valence-electron chi connectivity index (χ2n) is 9.04. The van der Waals surface area contributed by atoms with E-state index in [0.717, 1.165) is 0 Å². The van der Waals surface area contributed by atoms with Crippen LogP contribution < -0.4 is 14.8 Å². The number of hydrogen-bond acceptors (Lipinski definition) is 8. The van der Waals surface area contributed by atoms with Crippen molar-refractivity contribution in [2.45, 2.75) is 32.6 Å². The van der Waals surface area contributed by atoms with Crippen LogP contribution in [0, 0.1) is 11.8 Å². The van der Waals surface area contributed by atoms with Gasteiger partial charge in [-0.1, -0.05) is 38.9 Å². The molecule has 0 atom stereocenters. The molecule has 1 N–H and O–H groups in total. The van der Waals surface area contributed by atoms with Gasteiger partial charge >= 0.3 is 6.01 Å². The lowest BCUT2D eigenvalue weighted by Gasteiger charge is -2.25. The van der Waals surface area contributed by atoms with Crippen molar-refractivity contribution in [3.05, 3.63) is 48.0 Å². The van der Waals surface area contributed by atoms with Gasteiger partial charge in [-0.2, -0.15) is 4.31 Å². The fourth-order valence-corrected chi connectivity index (χ4v) is 5.39. The average molecular weight is 517 g/mol. The second-order valence-corrected chi connectivity index (χ2v) is 11.0. The smallest absolute Gasteiger partial charge is 0.322 e. The Labute approximate surface area is 211 Å². The summed E-state index contributed by atoms with van der Waals surface area (Å²) in [5.41, 5.74) is 0.695. The van der Waals surface area contributed by atoms with Crippen molar-refractivity contribution in [1.29, 1.82) is 0 Å². The lowest BCUT2D eigenvalue weighted by atomic mass is 10.2. The van der Waals surface area contributed by atoms with E-state index >= 15 is 0 Å². The van der Waals surface area contributed by atoms with Gasteiger partial charge in [-0.25, -0.2) is 8.42 Å². The summed E-state index contributed by atoms with van der Waals surface area (Å²) in [5.74, 6) is 0.879. The van der Waals surface area contributed by atoms with Crippen LogP contribution in [0.15, 0.2) is 51.8 Å². The molecule has 3 rings (SSSR count). The number of benzene rings is 2. The predicted octanol–water partition coefficient (Wildman–Crippen LogP) is 4.31. The molecule has 11 heteroatoms. The minimum Gasteiger partial charge on any atom is -0.496 e. The number of sulfonamides is 1. The second kappa shape index (κ2) is 11.5. The van der Waals surface area contributed by atoms with Crippen molar-refractivity contribution in [3.63, 3.8) is 0 Å². The van der Waals surface area contributed by atoms with E-state index in [0.29, 0.717) is 30.2 Å². The Morgan fingerprint density at radius 3 is 2.00 bits per heavy atom. The fourth-order valence-electron chi connectivity index (χ4n) is 3.62. The molecular formula is C25H32N4O6S. The summed E-state index contributed by atoms with van der Waals surface area (Å²) < 4.78 is 44.2. The van der Waals surface area contributed by atoms with Crippen LogP contribution in [0.25, 0.3) is 11.5 Å². The van der Waals surface area contributed by atoms with Gasteiger partial charge in [0.05, 0.1) is 19.1 Å². The summed E-state index contributed by atoms with van der Waals surface area (Å²) >= 11 is 0. The number of aromatic nitrogens is 2. The number of methoxy groups -OCH3 is 2. The highest BCUT2D eigenvalue weighted by Crippen LogP contribution is 2.37. The molecule has 2 aromatic carbocycles. The van der Waals surface area contributed by atoms with Gasteiger partial charge in [-0.05, 0) is 48.2 Å². The minimum absolute atomic E-state index is 0.108. The normalized spacial score (nSPS) is 11.8. The molecule has 0 radical (unpaired) electrons. The first-order chi connectivity index (χ1) is 17.1. The van der Waals surface area contributed by atoms with E-state index in [-0.39, 0.29) is 34.2 Å². The summed E-state index contributed by atoms with van der Waals surface area (Å²) in [7, 11) is -0.684. The first kappa shape index (κ1) is 27.2. The summed E-state index contributed by atoms with van der Waals surface area (Å²) in [6.45, 7) is 8.73. The molecule has 1 heterocycles. The van der Waals surface area contributed by atoms with Crippen LogP contribution in [0.5, 0.6) is 11.5 Å². The van der Waals surface area contributed by atoms with Gasteiger partial charge in [0.2, 0.25) is 10.0 Å². The molecule has 0 spiro atoms. The van der Waals surface area contributed by atoms with Crippen molar-refractivity contribution < 1.29 is 27.1 Å². The Morgan fingerprint density at radius 1 is 0.944 bits per heavy atom. The van der Waals surface area contributed by atoms with Gasteiger partial charge in [0.25, 0.3) is 11.8 Å². The maximum absolute atomic E-state index is 13.2. The highest BCUT2D eigenvalue weighted by atomic mass is 32.2. The molecule has 0 saturated heterocycles. The van der Waals surface area contributed by atoms with Crippen molar-refractivity contribution in [2.75, 3.05) is 32.6 Å². The van der Waals surface area contributed by atoms with Crippen molar-refractivity contribution >= 4 is 21.9 Å². The monoisotopic (exact) mass is 516 g/mol. The van der Waals surface area contributed by atoms with E-state index in [9.17, 15) is 13.2 Å². The quantitative estimate of drug-likeness (QED) is 0.400. The first-order valence-corrected chi connectivity index (χ1v) is 13.0. The molecule has 0 saturated carbocycles. The average Bonchev–Trinajstić information content (AvgIpc) is 3.30. The van der Waals surface area contributed by atoms with Gasteiger partial charge < -0.3 is 13.9 Å². The number of rotatable bonds is 11. The Morgan fingerprint density at radius 2 is 1.50 bits per heavy atom. The zero-order chi connectivity index (χ0) is 26.5. The first-order valence-electron chi connectivity index (χ1n) is 11.5. The standard InChI is InChI=1S/C25H32N4O6S/c1-16(2)14-29(15-17(3)4)36(31,32)19-12-10-18(11-13-19)23(30)26-25-28-27-24(35-25)22-20(33-5)8-7-9-21(22)34-6/h7-13,16-17H,14-15H2,1-6H3,(H,26,28,30). The van der Waals surface area contributed by atoms with E-state index in [1.165, 1.54) is 42.8 Å². The number of hydrogen-bond donors (Lipinski definition) is 1. The summed E-state index contributed by atoms with van der Waals surface area (Å²) in [4.78, 5) is 12.9. The zero-order valence-electron chi connectivity index (χ0n) is 21.3. The molecule has 0 unspecified atom stereocenters. The Balaban J connectivity index is 1.78. The molecule has 0 fully saturated rings. The maximum atomic E-state index is 13.2. The van der Waals surface area contributed by atoms with Crippen LogP contribution in [-0.2, 0) is 10.0 Å².